The quantitative estimate of drug-likeness (QED) is 0.591. The lowest BCUT2D eigenvalue weighted by molar-refractivity contribution is -0.148. The summed E-state index contributed by atoms with van der Waals surface area (Å²) in [6.07, 6.45) is -0.316. The third-order valence-electron chi connectivity index (χ3n) is 1.70. The number of carbonyl (C=O) groups is 1. The molecule has 0 aromatic carbocycles. The van der Waals surface area contributed by atoms with Crippen molar-refractivity contribution in [1.29, 1.82) is 0 Å². The first-order valence-electron chi connectivity index (χ1n) is 3.95. The molecule has 0 spiro atoms. The Morgan fingerprint density at radius 1 is 1.45 bits per heavy atom. The van der Waals surface area contributed by atoms with Crippen LogP contribution < -0.4 is 0 Å². The summed E-state index contributed by atoms with van der Waals surface area (Å²) < 4.78 is 10.3. The van der Waals surface area contributed by atoms with Gasteiger partial charge in [0.25, 0.3) is 0 Å². The fourth-order valence-electron chi connectivity index (χ4n) is 1.02. The van der Waals surface area contributed by atoms with Gasteiger partial charge in [-0.1, -0.05) is 13.8 Å². The van der Waals surface area contributed by atoms with Crippen LogP contribution in [0.25, 0.3) is 0 Å². The van der Waals surface area contributed by atoms with Gasteiger partial charge in [-0.15, -0.1) is 0 Å². The highest BCUT2D eigenvalue weighted by Crippen LogP contribution is 2.07. The molecule has 1 saturated heterocycles. The first kappa shape index (κ1) is 8.68. The maximum Gasteiger partial charge on any atom is 0.166 e. The van der Waals surface area contributed by atoms with Crippen LogP contribution in [0.4, 0.5) is 0 Å². The van der Waals surface area contributed by atoms with Crippen molar-refractivity contribution in [1.82, 2.24) is 0 Å². The molecule has 0 unspecified atom stereocenters. The van der Waals surface area contributed by atoms with E-state index in [0.717, 1.165) is 0 Å². The van der Waals surface area contributed by atoms with Crippen LogP contribution in [-0.2, 0) is 14.3 Å². The van der Waals surface area contributed by atoms with Gasteiger partial charge in [-0.25, -0.2) is 0 Å². The first-order chi connectivity index (χ1) is 5.22. The Balaban J connectivity index is 2.39. The first-order valence-corrected chi connectivity index (χ1v) is 3.95. The van der Waals surface area contributed by atoms with E-state index < -0.39 is 0 Å². The van der Waals surface area contributed by atoms with E-state index in [-0.39, 0.29) is 17.8 Å². The van der Waals surface area contributed by atoms with E-state index in [4.69, 9.17) is 9.47 Å². The molecule has 0 saturated carbocycles. The number of rotatable bonds is 2. The number of hydrogen-bond donors (Lipinski definition) is 0. The molecular weight excluding hydrogens is 144 g/mol. The van der Waals surface area contributed by atoms with Gasteiger partial charge in [-0.3, -0.25) is 4.79 Å². The van der Waals surface area contributed by atoms with Gasteiger partial charge in [0.15, 0.2) is 5.78 Å². The van der Waals surface area contributed by atoms with Crippen molar-refractivity contribution in [2.75, 3.05) is 19.8 Å². The Morgan fingerprint density at radius 3 is 2.64 bits per heavy atom. The Morgan fingerprint density at radius 2 is 2.18 bits per heavy atom. The fraction of sp³-hybridized carbons (Fsp3) is 0.875. The second-order valence-corrected chi connectivity index (χ2v) is 2.99. The van der Waals surface area contributed by atoms with Crippen LogP contribution in [0.15, 0.2) is 0 Å². The van der Waals surface area contributed by atoms with E-state index in [2.05, 4.69) is 0 Å². The van der Waals surface area contributed by atoms with E-state index >= 15 is 0 Å². The van der Waals surface area contributed by atoms with Gasteiger partial charge in [0.2, 0.25) is 0 Å². The van der Waals surface area contributed by atoms with Gasteiger partial charge in [0.1, 0.15) is 6.10 Å². The summed E-state index contributed by atoms with van der Waals surface area (Å²) in [7, 11) is 0. The number of ether oxygens (including phenoxy) is 2. The monoisotopic (exact) mass is 158 g/mol. The molecule has 1 rings (SSSR count). The Labute approximate surface area is 66.7 Å². The molecule has 3 heteroatoms. The van der Waals surface area contributed by atoms with E-state index in [1.54, 1.807) is 0 Å². The number of hydrogen-bond acceptors (Lipinski definition) is 3. The highest BCUT2D eigenvalue weighted by Gasteiger charge is 2.24. The highest BCUT2D eigenvalue weighted by molar-refractivity contribution is 5.85. The van der Waals surface area contributed by atoms with Crippen molar-refractivity contribution in [3.8, 4) is 0 Å². The summed E-state index contributed by atoms with van der Waals surface area (Å²) in [6.45, 7) is 5.34. The molecule has 64 valence electrons. The predicted molar refractivity (Wildman–Crippen MR) is 40.4 cm³/mol. The van der Waals surface area contributed by atoms with E-state index in [1.165, 1.54) is 0 Å². The molecule has 0 amide bonds. The molecule has 3 nitrogen and oxygen atoms in total. The molecule has 0 bridgehead atoms. The molecule has 0 aromatic heterocycles. The third kappa shape index (κ3) is 2.27. The van der Waals surface area contributed by atoms with Crippen LogP contribution in [0.2, 0.25) is 0 Å². The van der Waals surface area contributed by atoms with Crippen molar-refractivity contribution in [2.24, 2.45) is 5.92 Å². The van der Waals surface area contributed by atoms with Crippen LogP contribution in [0, 0.1) is 5.92 Å². The average Bonchev–Trinajstić information content (AvgIpc) is 2.05. The van der Waals surface area contributed by atoms with Gasteiger partial charge in [-0.05, 0) is 0 Å². The van der Waals surface area contributed by atoms with Crippen molar-refractivity contribution in [2.45, 2.75) is 20.0 Å². The Hall–Kier alpha value is -0.410. The molecule has 11 heavy (non-hydrogen) atoms. The zero-order valence-electron chi connectivity index (χ0n) is 7.00. The summed E-state index contributed by atoms with van der Waals surface area (Å²) in [5.41, 5.74) is 0. The normalized spacial score (nSPS) is 25.5. The van der Waals surface area contributed by atoms with Gasteiger partial charge in [0, 0.05) is 5.92 Å². The number of carbonyl (C=O) groups excluding carboxylic acids is 1. The van der Waals surface area contributed by atoms with Gasteiger partial charge >= 0.3 is 0 Å². The molecular formula is C8H14O3. The van der Waals surface area contributed by atoms with Crippen LogP contribution in [0.1, 0.15) is 13.8 Å². The molecule has 1 aliphatic rings. The molecule has 0 aliphatic carbocycles. The molecule has 0 radical (unpaired) electrons. The van der Waals surface area contributed by atoms with Crippen LogP contribution in [-0.4, -0.2) is 31.7 Å². The minimum absolute atomic E-state index is 0.0432. The summed E-state index contributed by atoms with van der Waals surface area (Å²) in [6, 6.07) is 0. The Kier molecular flexibility index (Phi) is 3.02. The molecule has 1 heterocycles. The van der Waals surface area contributed by atoms with Crippen molar-refractivity contribution < 1.29 is 14.3 Å². The molecule has 1 fully saturated rings. The van der Waals surface area contributed by atoms with Gasteiger partial charge in [0.05, 0.1) is 19.8 Å². The standard InChI is InChI=1S/C8H14O3/c1-6(2)8(9)7-5-10-3-4-11-7/h6-7H,3-5H2,1-2H3/t7-/m0/s1. The Bertz CT molecular complexity index is 136. The third-order valence-corrected chi connectivity index (χ3v) is 1.70. The van der Waals surface area contributed by atoms with Crippen LogP contribution in [0.3, 0.4) is 0 Å². The zero-order valence-corrected chi connectivity index (χ0v) is 7.00. The van der Waals surface area contributed by atoms with Gasteiger partial charge in [-0.2, -0.15) is 0 Å². The predicted octanol–water partition coefficient (Wildman–Crippen LogP) is 0.627. The van der Waals surface area contributed by atoms with Gasteiger partial charge < -0.3 is 9.47 Å². The van der Waals surface area contributed by atoms with Crippen LogP contribution >= 0.6 is 0 Å². The number of ketones is 1. The van der Waals surface area contributed by atoms with Crippen molar-refractivity contribution in [3.63, 3.8) is 0 Å². The lowest BCUT2D eigenvalue weighted by Crippen LogP contribution is -2.37. The van der Waals surface area contributed by atoms with E-state index in [0.29, 0.717) is 19.8 Å². The topological polar surface area (TPSA) is 35.5 Å². The lowest BCUT2D eigenvalue weighted by Gasteiger charge is -2.22. The van der Waals surface area contributed by atoms with E-state index in [9.17, 15) is 4.79 Å². The summed E-state index contributed by atoms with van der Waals surface area (Å²) >= 11 is 0. The fourth-order valence-corrected chi connectivity index (χ4v) is 1.02. The number of Topliss-reactive ketones (excluding diaryl/α,β-unsaturated/α-hetero) is 1. The maximum atomic E-state index is 11.3. The highest BCUT2D eigenvalue weighted by atomic mass is 16.6. The molecule has 0 aromatic rings. The molecule has 1 aliphatic heterocycles. The minimum Gasteiger partial charge on any atom is -0.376 e. The second kappa shape index (κ2) is 3.83. The maximum absolute atomic E-state index is 11.3. The molecule has 0 N–H and O–H groups in total. The van der Waals surface area contributed by atoms with Crippen molar-refractivity contribution in [3.05, 3.63) is 0 Å². The summed E-state index contributed by atoms with van der Waals surface area (Å²) in [4.78, 5) is 11.3. The minimum atomic E-state index is -0.316. The average molecular weight is 158 g/mol. The summed E-state index contributed by atoms with van der Waals surface area (Å²) in [5.74, 6) is 0.186. The smallest absolute Gasteiger partial charge is 0.166 e. The lowest BCUT2D eigenvalue weighted by atomic mass is 10.0. The SMILES string of the molecule is CC(C)C(=O)[C@@H]1COCCO1. The molecule has 1 atom stereocenters. The largest absolute Gasteiger partial charge is 0.376 e. The zero-order chi connectivity index (χ0) is 8.27. The van der Waals surface area contributed by atoms with Crippen molar-refractivity contribution >= 4 is 5.78 Å². The summed E-state index contributed by atoms with van der Waals surface area (Å²) in [5, 5.41) is 0. The van der Waals surface area contributed by atoms with Crippen LogP contribution in [0.5, 0.6) is 0 Å². The van der Waals surface area contributed by atoms with E-state index in [1.807, 2.05) is 13.8 Å². The second-order valence-electron chi connectivity index (χ2n) is 2.99.